The standard InChI is InChI=1S/C14H19N3O/c1-9-8-12(9)17-14(15)16-11-6-7-18-13-5-3-2-4-10(11)13/h2-5,9,11-12H,6-8H2,1H3,(H3,15,16,17). The molecule has 96 valence electrons. The van der Waals surface area contributed by atoms with Crippen LogP contribution in [0.3, 0.4) is 0 Å². The Morgan fingerprint density at radius 2 is 2.22 bits per heavy atom. The van der Waals surface area contributed by atoms with Gasteiger partial charge in [0.15, 0.2) is 5.96 Å². The molecule has 0 aromatic heterocycles. The predicted molar refractivity (Wildman–Crippen MR) is 71.6 cm³/mol. The molecule has 0 saturated heterocycles. The number of para-hydroxylation sites is 1. The molecule has 1 aromatic carbocycles. The maximum atomic E-state index is 5.96. The zero-order valence-corrected chi connectivity index (χ0v) is 10.6. The summed E-state index contributed by atoms with van der Waals surface area (Å²) in [6, 6.07) is 8.70. The number of fused-ring (bicyclic) bond motifs is 1. The highest BCUT2D eigenvalue weighted by Crippen LogP contribution is 2.34. The smallest absolute Gasteiger partial charge is 0.189 e. The molecule has 3 rings (SSSR count). The second-order valence-corrected chi connectivity index (χ2v) is 5.17. The van der Waals surface area contributed by atoms with Crippen LogP contribution in [0.4, 0.5) is 0 Å². The van der Waals surface area contributed by atoms with E-state index in [0.29, 0.717) is 18.6 Å². The van der Waals surface area contributed by atoms with Crippen molar-refractivity contribution < 1.29 is 4.74 Å². The fraction of sp³-hybridized carbons (Fsp3) is 0.500. The van der Waals surface area contributed by atoms with Gasteiger partial charge in [-0.25, -0.2) is 4.99 Å². The zero-order chi connectivity index (χ0) is 12.5. The zero-order valence-electron chi connectivity index (χ0n) is 10.6. The lowest BCUT2D eigenvalue weighted by molar-refractivity contribution is 0.269. The molecule has 1 aromatic rings. The van der Waals surface area contributed by atoms with E-state index in [4.69, 9.17) is 10.5 Å². The largest absolute Gasteiger partial charge is 0.493 e. The molecule has 3 N–H and O–H groups in total. The summed E-state index contributed by atoms with van der Waals surface area (Å²) in [5.41, 5.74) is 7.10. The van der Waals surface area contributed by atoms with Crippen LogP contribution in [-0.2, 0) is 0 Å². The Balaban J connectivity index is 1.75. The number of nitrogens with two attached hydrogens (primary N) is 1. The monoisotopic (exact) mass is 245 g/mol. The van der Waals surface area contributed by atoms with E-state index in [1.54, 1.807) is 0 Å². The van der Waals surface area contributed by atoms with Gasteiger partial charge in [0.2, 0.25) is 0 Å². The summed E-state index contributed by atoms with van der Waals surface area (Å²) in [4.78, 5) is 4.60. The SMILES string of the molecule is CC1CC1NC(N)=NC1CCOc2ccccc21. The third kappa shape index (κ3) is 2.28. The molecule has 0 bridgehead atoms. The quantitative estimate of drug-likeness (QED) is 0.617. The summed E-state index contributed by atoms with van der Waals surface area (Å²) in [6.45, 7) is 2.92. The van der Waals surface area contributed by atoms with Gasteiger partial charge in [0.05, 0.1) is 12.6 Å². The minimum Gasteiger partial charge on any atom is -0.493 e. The van der Waals surface area contributed by atoms with E-state index in [1.807, 2.05) is 18.2 Å². The number of hydrogen-bond donors (Lipinski definition) is 2. The highest BCUT2D eigenvalue weighted by Gasteiger charge is 2.33. The van der Waals surface area contributed by atoms with Gasteiger partial charge in [0.25, 0.3) is 0 Å². The molecule has 18 heavy (non-hydrogen) atoms. The second kappa shape index (κ2) is 4.52. The third-order valence-electron chi connectivity index (χ3n) is 3.66. The number of aliphatic imine (C=N–C) groups is 1. The second-order valence-electron chi connectivity index (χ2n) is 5.17. The van der Waals surface area contributed by atoms with E-state index in [0.717, 1.165) is 23.7 Å². The molecule has 4 nitrogen and oxygen atoms in total. The molecule has 0 radical (unpaired) electrons. The van der Waals surface area contributed by atoms with Gasteiger partial charge in [-0.2, -0.15) is 0 Å². The first kappa shape index (κ1) is 11.4. The van der Waals surface area contributed by atoms with Gasteiger partial charge in [0.1, 0.15) is 5.75 Å². The summed E-state index contributed by atoms with van der Waals surface area (Å²) in [5.74, 6) is 2.22. The van der Waals surface area contributed by atoms with Crippen LogP contribution in [0.25, 0.3) is 0 Å². The summed E-state index contributed by atoms with van der Waals surface area (Å²) in [5, 5.41) is 3.27. The Bertz CT molecular complexity index is 472. The lowest BCUT2D eigenvalue weighted by Gasteiger charge is -2.23. The van der Waals surface area contributed by atoms with E-state index in [-0.39, 0.29) is 6.04 Å². The van der Waals surface area contributed by atoms with Gasteiger partial charge < -0.3 is 15.8 Å². The predicted octanol–water partition coefficient (Wildman–Crippen LogP) is 1.82. The number of benzene rings is 1. The Hall–Kier alpha value is -1.71. The normalized spacial score (nSPS) is 30.3. The van der Waals surface area contributed by atoms with E-state index >= 15 is 0 Å². The van der Waals surface area contributed by atoms with Crippen LogP contribution in [0, 0.1) is 5.92 Å². The maximum Gasteiger partial charge on any atom is 0.189 e. The van der Waals surface area contributed by atoms with E-state index in [9.17, 15) is 0 Å². The van der Waals surface area contributed by atoms with Crippen molar-refractivity contribution in [2.75, 3.05) is 6.61 Å². The first-order valence-corrected chi connectivity index (χ1v) is 6.55. The maximum absolute atomic E-state index is 5.96. The van der Waals surface area contributed by atoms with Crippen LogP contribution in [0.2, 0.25) is 0 Å². The lowest BCUT2D eigenvalue weighted by atomic mass is 10.0. The van der Waals surface area contributed by atoms with Crippen LogP contribution in [0.1, 0.15) is 31.4 Å². The van der Waals surface area contributed by atoms with Crippen molar-refractivity contribution in [3.63, 3.8) is 0 Å². The highest BCUT2D eigenvalue weighted by molar-refractivity contribution is 5.79. The van der Waals surface area contributed by atoms with Gasteiger partial charge in [-0.1, -0.05) is 25.1 Å². The summed E-state index contributed by atoms with van der Waals surface area (Å²) >= 11 is 0. The van der Waals surface area contributed by atoms with Crippen LogP contribution in [0.5, 0.6) is 5.75 Å². The number of rotatable bonds is 2. The van der Waals surface area contributed by atoms with Gasteiger partial charge in [-0.3, -0.25) is 0 Å². The molecule has 3 atom stereocenters. The van der Waals surface area contributed by atoms with Crippen LogP contribution >= 0.6 is 0 Å². The van der Waals surface area contributed by atoms with Crippen molar-refractivity contribution >= 4 is 5.96 Å². The van der Waals surface area contributed by atoms with Crippen molar-refractivity contribution in [1.29, 1.82) is 0 Å². The molecule has 4 heteroatoms. The Morgan fingerprint density at radius 1 is 1.44 bits per heavy atom. The molecular weight excluding hydrogens is 226 g/mol. The van der Waals surface area contributed by atoms with Crippen molar-refractivity contribution in [1.82, 2.24) is 5.32 Å². The molecule has 1 aliphatic carbocycles. The average molecular weight is 245 g/mol. The van der Waals surface area contributed by atoms with E-state index in [2.05, 4.69) is 23.3 Å². The summed E-state index contributed by atoms with van der Waals surface area (Å²) in [6.07, 6.45) is 2.08. The molecule has 0 spiro atoms. The first-order chi connectivity index (χ1) is 8.74. The van der Waals surface area contributed by atoms with Gasteiger partial charge in [-0.15, -0.1) is 0 Å². The molecule has 1 heterocycles. The fourth-order valence-electron chi connectivity index (χ4n) is 2.38. The fourth-order valence-corrected chi connectivity index (χ4v) is 2.38. The van der Waals surface area contributed by atoms with E-state index in [1.165, 1.54) is 6.42 Å². The third-order valence-corrected chi connectivity index (χ3v) is 3.66. The van der Waals surface area contributed by atoms with E-state index < -0.39 is 0 Å². The Labute approximate surface area is 107 Å². The number of nitrogens with zero attached hydrogens (tertiary/aromatic N) is 1. The van der Waals surface area contributed by atoms with Crippen LogP contribution in [-0.4, -0.2) is 18.6 Å². The minimum absolute atomic E-state index is 0.122. The number of guanidine groups is 1. The van der Waals surface area contributed by atoms with Crippen molar-refractivity contribution in [2.24, 2.45) is 16.6 Å². The molecule has 3 unspecified atom stereocenters. The van der Waals surface area contributed by atoms with Crippen molar-refractivity contribution in [2.45, 2.75) is 31.8 Å². The summed E-state index contributed by atoms with van der Waals surface area (Å²) < 4.78 is 5.62. The number of hydrogen-bond acceptors (Lipinski definition) is 2. The van der Waals surface area contributed by atoms with Gasteiger partial charge in [-0.05, 0) is 18.4 Å². The Morgan fingerprint density at radius 3 is 3.00 bits per heavy atom. The van der Waals surface area contributed by atoms with Crippen molar-refractivity contribution in [3.8, 4) is 5.75 Å². The van der Waals surface area contributed by atoms with Gasteiger partial charge >= 0.3 is 0 Å². The van der Waals surface area contributed by atoms with Crippen LogP contribution in [0.15, 0.2) is 29.3 Å². The molecule has 1 aliphatic heterocycles. The Kier molecular flexibility index (Phi) is 2.86. The highest BCUT2D eigenvalue weighted by atomic mass is 16.5. The molecule has 0 amide bonds. The number of nitrogens with one attached hydrogen (secondary N) is 1. The number of ether oxygens (including phenoxy) is 1. The summed E-state index contributed by atoms with van der Waals surface area (Å²) in [7, 11) is 0. The lowest BCUT2D eigenvalue weighted by Crippen LogP contribution is -2.34. The molecule has 2 aliphatic rings. The average Bonchev–Trinajstić information content (AvgIpc) is 3.05. The minimum atomic E-state index is 0.122. The first-order valence-electron chi connectivity index (χ1n) is 6.55. The molecule has 1 fully saturated rings. The topological polar surface area (TPSA) is 59.6 Å². The molecule has 1 saturated carbocycles. The molecular formula is C14H19N3O. The van der Waals surface area contributed by atoms with Gasteiger partial charge in [0, 0.05) is 18.0 Å². The van der Waals surface area contributed by atoms with Crippen molar-refractivity contribution in [3.05, 3.63) is 29.8 Å². The van der Waals surface area contributed by atoms with Crippen LogP contribution < -0.4 is 15.8 Å².